The number of nitrogens with zero attached hydrogens (tertiary/aromatic N) is 4. The van der Waals surface area contributed by atoms with Crippen LogP contribution in [0.15, 0.2) is 54.6 Å². The normalized spacial score (nSPS) is 10.3. The highest BCUT2D eigenvalue weighted by atomic mass is 16.5. The Bertz CT molecular complexity index is 1490. The molecule has 186 valence electrons. The van der Waals surface area contributed by atoms with Crippen LogP contribution in [-0.2, 0) is 0 Å². The van der Waals surface area contributed by atoms with E-state index in [1.165, 1.54) is 14.2 Å². The SMILES string of the molecule is COc1cc2cc(C#N)ccc2c(OC)c1Oc1cc(NCCCO)nc(Nc2ccc(C#N)cc2)n1. The minimum atomic E-state index is 0.0385. The number of ether oxygens (including phenoxy) is 3. The predicted molar refractivity (Wildman–Crippen MR) is 139 cm³/mol. The van der Waals surface area contributed by atoms with E-state index in [9.17, 15) is 5.26 Å². The molecule has 3 aromatic carbocycles. The van der Waals surface area contributed by atoms with Crippen molar-refractivity contribution in [3.05, 3.63) is 65.7 Å². The van der Waals surface area contributed by atoms with Crippen LogP contribution in [-0.4, -0.2) is 42.4 Å². The van der Waals surface area contributed by atoms with E-state index in [4.69, 9.17) is 24.6 Å². The summed E-state index contributed by atoms with van der Waals surface area (Å²) in [5.74, 6) is 2.08. The van der Waals surface area contributed by atoms with E-state index in [1.54, 1.807) is 54.6 Å². The zero-order valence-corrected chi connectivity index (χ0v) is 20.3. The quantitative estimate of drug-likeness (QED) is 0.264. The number of rotatable bonds is 10. The Morgan fingerprint density at radius 3 is 2.32 bits per heavy atom. The summed E-state index contributed by atoms with van der Waals surface area (Å²) in [6.45, 7) is 0.532. The molecule has 4 rings (SSSR count). The highest BCUT2D eigenvalue weighted by Gasteiger charge is 2.19. The van der Waals surface area contributed by atoms with Crippen LogP contribution in [0.4, 0.5) is 17.5 Å². The summed E-state index contributed by atoms with van der Waals surface area (Å²) >= 11 is 0. The molecule has 0 fully saturated rings. The molecule has 0 saturated heterocycles. The molecule has 10 heteroatoms. The average molecular weight is 497 g/mol. The van der Waals surface area contributed by atoms with E-state index in [2.05, 4.69) is 32.7 Å². The summed E-state index contributed by atoms with van der Waals surface area (Å²) in [5.41, 5.74) is 1.73. The Balaban J connectivity index is 1.75. The molecule has 0 aliphatic rings. The fraction of sp³-hybridized carbons (Fsp3) is 0.185. The summed E-state index contributed by atoms with van der Waals surface area (Å²) in [6, 6.07) is 19.7. The van der Waals surface area contributed by atoms with E-state index in [0.29, 0.717) is 52.8 Å². The van der Waals surface area contributed by atoms with Gasteiger partial charge in [0.15, 0.2) is 11.5 Å². The van der Waals surface area contributed by atoms with Gasteiger partial charge in [0.2, 0.25) is 17.6 Å². The van der Waals surface area contributed by atoms with Crippen LogP contribution in [0.2, 0.25) is 0 Å². The lowest BCUT2D eigenvalue weighted by atomic mass is 10.1. The van der Waals surface area contributed by atoms with Crippen LogP contribution in [0.5, 0.6) is 23.1 Å². The van der Waals surface area contributed by atoms with Gasteiger partial charge in [-0.3, -0.25) is 0 Å². The van der Waals surface area contributed by atoms with Crippen molar-refractivity contribution in [2.75, 3.05) is 38.0 Å². The minimum absolute atomic E-state index is 0.0385. The molecule has 10 nitrogen and oxygen atoms in total. The zero-order chi connectivity index (χ0) is 26.2. The van der Waals surface area contributed by atoms with E-state index in [1.807, 2.05) is 0 Å². The molecule has 0 aliphatic carbocycles. The molecule has 3 N–H and O–H groups in total. The van der Waals surface area contributed by atoms with Crippen molar-refractivity contribution >= 4 is 28.2 Å². The Morgan fingerprint density at radius 2 is 1.65 bits per heavy atom. The standard InChI is InChI=1S/C27H24N6O4/c1-35-22-13-19-12-18(16-29)6-9-21(19)25(36-2)26(22)37-24-14-23(30-10-3-11-34)32-27(33-24)31-20-7-4-17(15-28)5-8-20/h4-9,12-14,34H,3,10-11H2,1-2H3,(H2,30,31,32,33). The van der Waals surface area contributed by atoms with Gasteiger partial charge in [0, 0.05) is 30.3 Å². The molecule has 0 aliphatic heterocycles. The Hall–Kier alpha value is -5.06. The van der Waals surface area contributed by atoms with Gasteiger partial charge >= 0.3 is 0 Å². The molecule has 1 aromatic heterocycles. The van der Waals surface area contributed by atoms with Crippen LogP contribution in [0.1, 0.15) is 17.5 Å². The van der Waals surface area contributed by atoms with Gasteiger partial charge in [0.1, 0.15) is 5.82 Å². The first-order valence-electron chi connectivity index (χ1n) is 11.4. The molecular weight excluding hydrogens is 472 g/mol. The lowest BCUT2D eigenvalue weighted by Gasteiger charge is -2.17. The van der Waals surface area contributed by atoms with Gasteiger partial charge < -0.3 is 30.0 Å². The van der Waals surface area contributed by atoms with Crippen LogP contribution in [0.3, 0.4) is 0 Å². The maximum atomic E-state index is 9.27. The number of aromatic nitrogens is 2. The first-order valence-corrected chi connectivity index (χ1v) is 11.4. The molecular formula is C27H24N6O4. The fourth-order valence-corrected chi connectivity index (χ4v) is 3.63. The predicted octanol–water partition coefficient (Wildman–Crippen LogP) is 4.72. The van der Waals surface area contributed by atoms with Gasteiger partial charge in [-0.05, 0) is 60.3 Å². The van der Waals surface area contributed by atoms with Crippen molar-refractivity contribution in [1.82, 2.24) is 9.97 Å². The number of benzene rings is 3. The Morgan fingerprint density at radius 1 is 0.892 bits per heavy atom. The fourth-order valence-electron chi connectivity index (χ4n) is 3.63. The number of fused-ring (bicyclic) bond motifs is 1. The first-order chi connectivity index (χ1) is 18.1. The van der Waals surface area contributed by atoms with Gasteiger partial charge in [-0.15, -0.1) is 0 Å². The van der Waals surface area contributed by atoms with Gasteiger partial charge in [-0.2, -0.15) is 20.5 Å². The second kappa shape index (κ2) is 11.6. The van der Waals surface area contributed by atoms with Crippen molar-refractivity contribution in [3.63, 3.8) is 0 Å². The molecule has 0 spiro atoms. The second-order valence-corrected chi connectivity index (χ2v) is 7.82. The number of aliphatic hydroxyl groups excluding tert-OH is 1. The molecule has 0 unspecified atom stereocenters. The van der Waals surface area contributed by atoms with E-state index in [-0.39, 0.29) is 18.4 Å². The van der Waals surface area contributed by atoms with Crippen LogP contribution >= 0.6 is 0 Å². The summed E-state index contributed by atoms with van der Waals surface area (Å²) in [7, 11) is 3.04. The largest absolute Gasteiger partial charge is 0.493 e. The number of nitriles is 2. The third kappa shape index (κ3) is 5.78. The number of methoxy groups -OCH3 is 2. The van der Waals surface area contributed by atoms with Crippen LogP contribution in [0, 0.1) is 22.7 Å². The highest BCUT2D eigenvalue weighted by Crippen LogP contribution is 2.45. The van der Waals surface area contributed by atoms with Crippen LogP contribution < -0.4 is 24.8 Å². The summed E-state index contributed by atoms with van der Waals surface area (Å²) < 4.78 is 17.5. The summed E-state index contributed by atoms with van der Waals surface area (Å²) in [5, 5.41) is 35.2. The maximum Gasteiger partial charge on any atom is 0.232 e. The number of hydrogen-bond acceptors (Lipinski definition) is 10. The van der Waals surface area contributed by atoms with E-state index < -0.39 is 0 Å². The molecule has 0 atom stereocenters. The molecule has 4 aromatic rings. The van der Waals surface area contributed by atoms with Gasteiger partial charge in [0.05, 0.1) is 37.5 Å². The van der Waals surface area contributed by atoms with Crippen molar-refractivity contribution in [1.29, 1.82) is 10.5 Å². The number of nitrogens with one attached hydrogen (secondary N) is 2. The number of aliphatic hydroxyl groups is 1. The highest BCUT2D eigenvalue weighted by molar-refractivity contribution is 5.94. The second-order valence-electron chi connectivity index (χ2n) is 7.82. The van der Waals surface area contributed by atoms with Gasteiger partial charge in [0.25, 0.3) is 0 Å². The zero-order valence-electron chi connectivity index (χ0n) is 20.3. The molecule has 0 saturated carbocycles. The first kappa shape index (κ1) is 25.0. The van der Waals surface area contributed by atoms with E-state index in [0.717, 1.165) is 10.8 Å². The average Bonchev–Trinajstić information content (AvgIpc) is 2.92. The van der Waals surface area contributed by atoms with Crippen molar-refractivity contribution in [2.24, 2.45) is 0 Å². The van der Waals surface area contributed by atoms with Crippen molar-refractivity contribution < 1.29 is 19.3 Å². The molecule has 37 heavy (non-hydrogen) atoms. The third-order valence-electron chi connectivity index (χ3n) is 5.39. The lowest BCUT2D eigenvalue weighted by molar-refractivity contribution is 0.292. The third-order valence-corrected chi connectivity index (χ3v) is 5.39. The minimum Gasteiger partial charge on any atom is -0.493 e. The smallest absolute Gasteiger partial charge is 0.232 e. The van der Waals surface area contributed by atoms with Gasteiger partial charge in [-0.1, -0.05) is 0 Å². The van der Waals surface area contributed by atoms with Crippen molar-refractivity contribution in [2.45, 2.75) is 6.42 Å². The van der Waals surface area contributed by atoms with E-state index >= 15 is 0 Å². The molecule has 0 radical (unpaired) electrons. The molecule has 1 heterocycles. The summed E-state index contributed by atoms with van der Waals surface area (Å²) in [6.07, 6.45) is 0.537. The molecule has 0 bridgehead atoms. The van der Waals surface area contributed by atoms with Crippen LogP contribution in [0.25, 0.3) is 10.8 Å². The van der Waals surface area contributed by atoms with Gasteiger partial charge in [-0.25, -0.2) is 0 Å². The Labute approximate surface area is 213 Å². The maximum absolute atomic E-state index is 9.27. The van der Waals surface area contributed by atoms with Crippen molar-refractivity contribution in [3.8, 4) is 35.3 Å². The monoisotopic (exact) mass is 496 g/mol. The number of hydrogen-bond donors (Lipinski definition) is 3. The summed E-state index contributed by atoms with van der Waals surface area (Å²) in [4.78, 5) is 8.99. The Kier molecular flexibility index (Phi) is 7.84. The topological polar surface area (TPSA) is 145 Å². The lowest BCUT2D eigenvalue weighted by Crippen LogP contribution is -2.08. The number of anilines is 3. The molecule has 0 amide bonds.